The van der Waals surface area contributed by atoms with Crippen LogP contribution >= 0.6 is 22.7 Å². The van der Waals surface area contributed by atoms with Crippen molar-refractivity contribution in [1.82, 2.24) is 4.68 Å². The summed E-state index contributed by atoms with van der Waals surface area (Å²) >= 11 is 3.27. The summed E-state index contributed by atoms with van der Waals surface area (Å²) in [6.45, 7) is 2.73. The van der Waals surface area contributed by atoms with Crippen molar-refractivity contribution in [1.29, 1.82) is 0 Å². The van der Waals surface area contributed by atoms with Crippen LogP contribution in [-0.4, -0.2) is 31.7 Å². The van der Waals surface area contributed by atoms with Crippen LogP contribution in [0.25, 0.3) is 10.6 Å². The van der Waals surface area contributed by atoms with Crippen molar-refractivity contribution in [3.05, 3.63) is 51.5 Å². The van der Waals surface area contributed by atoms with E-state index in [1.54, 1.807) is 43.1 Å². The molecule has 0 radical (unpaired) electrons. The van der Waals surface area contributed by atoms with E-state index in [4.69, 9.17) is 9.47 Å². The number of aromatic nitrogens is 1. The third kappa shape index (κ3) is 3.83. The molecule has 2 aromatic heterocycles. The van der Waals surface area contributed by atoms with Gasteiger partial charge in [0.15, 0.2) is 0 Å². The Morgan fingerprint density at radius 3 is 2.72 bits per heavy atom. The van der Waals surface area contributed by atoms with Crippen molar-refractivity contribution in [3.8, 4) is 22.1 Å². The van der Waals surface area contributed by atoms with Crippen LogP contribution in [0.4, 0.5) is 0 Å². The van der Waals surface area contributed by atoms with Crippen LogP contribution in [0, 0.1) is 0 Å². The van der Waals surface area contributed by atoms with Crippen LogP contribution in [0.2, 0.25) is 0 Å². The van der Waals surface area contributed by atoms with Crippen LogP contribution in [-0.2, 0) is 0 Å². The van der Waals surface area contributed by atoms with Crippen molar-refractivity contribution in [2.45, 2.75) is 6.92 Å². The summed E-state index contributed by atoms with van der Waals surface area (Å²) in [7, 11) is 3.27. The Labute approximate surface area is 154 Å². The highest BCUT2D eigenvalue weighted by atomic mass is 32.1. The van der Waals surface area contributed by atoms with Crippen LogP contribution in [0.1, 0.15) is 12.5 Å². The molecule has 1 aromatic carbocycles. The molecule has 3 aromatic rings. The number of hydrogen-bond donors (Lipinski definition) is 0. The average molecular weight is 374 g/mol. The number of nitrogens with zero attached hydrogens (tertiary/aromatic N) is 3. The molecule has 3 rings (SSSR count). The van der Waals surface area contributed by atoms with Gasteiger partial charge in [0.25, 0.3) is 0 Å². The van der Waals surface area contributed by atoms with E-state index in [1.807, 2.05) is 35.9 Å². The Hall–Kier alpha value is -2.38. The zero-order chi connectivity index (χ0) is 17.6. The second-order valence-electron chi connectivity index (χ2n) is 5.02. The van der Waals surface area contributed by atoms with Crippen LogP contribution in [0.15, 0.2) is 51.2 Å². The summed E-state index contributed by atoms with van der Waals surface area (Å²) in [5.74, 6) is 1.46. The molecular formula is C18H19N3O2S2. The van der Waals surface area contributed by atoms with Crippen molar-refractivity contribution < 1.29 is 9.47 Å². The van der Waals surface area contributed by atoms with E-state index in [0.29, 0.717) is 12.3 Å². The second-order valence-corrected chi connectivity index (χ2v) is 6.80. The van der Waals surface area contributed by atoms with E-state index >= 15 is 0 Å². The molecule has 0 atom stereocenters. The summed E-state index contributed by atoms with van der Waals surface area (Å²) in [6, 6.07) is 9.78. The first-order chi connectivity index (χ1) is 12.3. The van der Waals surface area contributed by atoms with Gasteiger partial charge in [-0.15, -0.1) is 22.7 Å². The first-order valence-corrected chi connectivity index (χ1v) is 9.54. The van der Waals surface area contributed by atoms with E-state index in [9.17, 15) is 0 Å². The van der Waals surface area contributed by atoms with Crippen molar-refractivity contribution >= 4 is 28.9 Å². The van der Waals surface area contributed by atoms with Crippen molar-refractivity contribution in [2.24, 2.45) is 10.1 Å². The normalized spacial score (nSPS) is 12.0. The molecule has 25 heavy (non-hydrogen) atoms. The van der Waals surface area contributed by atoms with Gasteiger partial charge in [-0.1, -0.05) is 6.07 Å². The number of ether oxygens (including phenoxy) is 2. The molecule has 0 aliphatic carbocycles. The molecule has 2 heterocycles. The lowest BCUT2D eigenvalue weighted by atomic mass is 10.2. The fourth-order valence-electron chi connectivity index (χ4n) is 2.29. The fraction of sp³-hybridized carbons (Fsp3) is 0.222. The highest BCUT2D eigenvalue weighted by molar-refractivity contribution is 7.14. The summed E-state index contributed by atoms with van der Waals surface area (Å²) in [5, 5.41) is 8.82. The molecule has 0 N–H and O–H groups in total. The third-order valence-electron chi connectivity index (χ3n) is 3.51. The van der Waals surface area contributed by atoms with Crippen LogP contribution in [0.5, 0.6) is 11.5 Å². The van der Waals surface area contributed by atoms with E-state index < -0.39 is 0 Å². The molecule has 0 bridgehead atoms. The van der Waals surface area contributed by atoms with Gasteiger partial charge in [0.1, 0.15) is 11.5 Å². The average Bonchev–Trinajstić information content (AvgIpc) is 3.30. The second kappa shape index (κ2) is 8.13. The van der Waals surface area contributed by atoms with Gasteiger partial charge in [-0.25, -0.2) is 4.68 Å². The number of methoxy groups -OCH3 is 2. The predicted molar refractivity (Wildman–Crippen MR) is 104 cm³/mol. The molecule has 0 saturated heterocycles. The smallest absolute Gasteiger partial charge is 0.206 e. The summed E-state index contributed by atoms with van der Waals surface area (Å²) in [5.41, 5.74) is 1.91. The molecule has 5 nitrogen and oxygen atoms in total. The van der Waals surface area contributed by atoms with Crippen LogP contribution < -0.4 is 14.3 Å². The first-order valence-electron chi connectivity index (χ1n) is 7.78. The summed E-state index contributed by atoms with van der Waals surface area (Å²) < 4.78 is 12.6. The largest absolute Gasteiger partial charge is 0.497 e. The minimum Gasteiger partial charge on any atom is -0.497 e. The number of thiazole rings is 1. The predicted octanol–water partition coefficient (Wildman–Crippen LogP) is 4.10. The maximum atomic E-state index is 5.44. The Morgan fingerprint density at radius 2 is 2.04 bits per heavy atom. The number of hydrogen-bond acceptors (Lipinski definition) is 6. The maximum absolute atomic E-state index is 5.44. The van der Waals surface area contributed by atoms with Gasteiger partial charge in [0, 0.05) is 23.6 Å². The van der Waals surface area contributed by atoms with Gasteiger partial charge in [-0.2, -0.15) is 5.10 Å². The monoisotopic (exact) mass is 373 g/mol. The lowest BCUT2D eigenvalue weighted by Gasteiger charge is -2.07. The minimum absolute atomic E-state index is 0.714. The molecule has 0 fully saturated rings. The third-order valence-corrected chi connectivity index (χ3v) is 5.25. The van der Waals surface area contributed by atoms with Gasteiger partial charge in [-0.05, 0) is 30.5 Å². The van der Waals surface area contributed by atoms with E-state index in [-0.39, 0.29) is 0 Å². The number of thiophene rings is 1. The Balaban J connectivity index is 2.04. The highest BCUT2D eigenvalue weighted by Crippen LogP contribution is 2.26. The highest BCUT2D eigenvalue weighted by Gasteiger charge is 2.09. The van der Waals surface area contributed by atoms with Gasteiger partial charge in [0.05, 0.1) is 31.0 Å². The topological polar surface area (TPSA) is 48.1 Å². The molecule has 130 valence electrons. The van der Waals surface area contributed by atoms with Gasteiger partial charge in [0.2, 0.25) is 4.80 Å². The van der Waals surface area contributed by atoms with Crippen LogP contribution in [0.3, 0.4) is 0 Å². The zero-order valence-corrected chi connectivity index (χ0v) is 15.9. The quantitative estimate of drug-likeness (QED) is 0.611. The number of rotatable bonds is 6. The van der Waals surface area contributed by atoms with E-state index in [2.05, 4.69) is 26.9 Å². The molecule has 0 aliphatic heterocycles. The molecule has 0 amide bonds. The lowest BCUT2D eigenvalue weighted by Crippen LogP contribution is -2.12. The lowest BCUT2D eigenvalue weighted by molar-refractivity contribution is 0.394. The maximum Gasteiger partial charge on any atom is 0.206 e. The van der Waals surface area contributed by atoms with Gasteiger partial charge in [-0.3, -0.25) is 4.99 Å². The summed E-state index contributed by atoms with van der Waals surface area (Å²) in [6.07, 6.45) is 1.79. The standard InChI is InChI=1S/C18H19N3O2S2/c1-4-19-18-21(15(12-25-18)17-6-5-9-24-17)20-11-13-7-8-14(22-2)10-16(13)23-3/h5-12H,4H2,1-3H3. The van der Waals surface area contributed by atoms with Gasteiger partial charge < -0.3 is 9.47 Å². The van der Waals surface area contributed by atoms with Crippen molar-refractivity contribution in [3.63, 3.8) is 0 Å². The molecule has 0 aliphatic rings. The molecule has 0 spiro atoms. The number of benzene rings is 1. The SMILES string of the molecule is CCN=c1scc(-c2cccs2)n1N=Cc1ccc(OC)cc1OC. The summed E-state index contributed by atoms with van der Waals surface area (Å²) in [4.78, 5) is 6.57. The van der Waals surface area contributed by atoms with Crippen molar-refractivity contribution in [2.75, 3.05) is 20.8 Å². The Kier molecular flexibility index (Phi) is 5.67. The molecule has 7 heteroatoms. The van der Waals surface area contributed by atoms with Gasteiger partial charge >= 0.3 is 0 Å². The van der Waals surface area contributed by atoms with E-state index in [1.165, 1.54) is 0 Å². The zero-order valence-electron chi connectivity index (χ0n) is 14.3. The Morgan fingerprint density at radius 1 is 1.16 bits per heavy atom. The Bertz CT molecular complexity index is 924. The minimum atomic E-state index is 0.714. The fourth-order valence-corrected chi connectivity index (χ4v) is 3.99. The molecular weight excluding hydrogens is 354 g/mol. The van der Waals surface area contributed by atoms with E-state index in [0.717, 1.165) is 26.7 Å². The first kappa shape index (κ1) is 17.4. The molecule has 0 saturated carbocycles. The molecule has 0 unspecified atom stereocenters.